The molecule has 1 aliphatic heterocycles. The highest BCUT2D eigenvalue weighted by Crippen LogP contribution is 2.32. The molecule has 0 aliphatic carbocycles. The van der Waals surface area contributed by atoms with E-state index in [9.17, 15) is 0 Å². The van der Waals surface area contributed by atoms with E-state index in [4.69, 9.17) is 10.5 Å². The molecule has 4 heterocycles. The van der Waals surface area contributed by atoms with Crippen LogP contribution in [0.1, 0.15) is 24.1 Å². The van der Waals surface area contributed by atoms with Crippen LogP contribution in [0.15, 0.2) is 24.3 Å². The number of ether oxygens (including phenoxy) is 1. The normalized spacial score (nSPS) is 15.5. The molecular weight excluding hydrogens is 354 g/mol. The molecule has 1 saturated heterocycles. The highest BCUT2D eigenvalue weighted by atomic mass is 16.5. The predicted octanol–water partition coefficient (Wildman–Crippen LogP) is 3.06. The van der Waals surface area contributed by atoms with E-state index in [0.29, 0.717) is 6.04 Å². The lowest BCUT2D eigenvalue weighted by Gasteiger charge is -2.24. The van der Waals surface area contributed by atoms with Crippen LogP contribution in [0.25, 0.3) is 27.7 Å². The van der Waals surface area contributed by atoms with Gasteiger partial charge in [-0.15, -0.1) is 5.10 Å². The Kier molecular flexibility index (Phi) is 3.94. The van der Waals surface area contributed by atoms with Gasteiger partial charge >= 0.3 is 0 Å². The molecule has 1 aromatic carbocycles. The van der Waals surface area contributed by atoms with Crippen molar-refractivity contribution in [1.29, 1.82) is 0 Å². The van der Waals surface area contributed by atoms with Crippen LogP contribution in [-0.4, -0.2) is 44.1 Å². The lowest BCUT2D eigenvalue weighted by molar-refractivity contribution is 0.0903. The topological polar surface area (TPSA) is 106 Å². The Morgan fingerprint density at radius 1 is 1.21 bits per heavy atom. The zero-order valence-electron chi connectivity index (χ0n) is 16.0. The van der Waals surface area contributed by atoms with Gasteiger partial charge in [-0.25, -0.2) is 0 Å². The van der Waals surface area contributed by atoms with E-state index >= 15 is 0 Å². The summed E-state index contributed by atoms with van der Waals surface area (Å²) >= 11 is 0. The summed E-state index contributed by atoms with van der Waals surface area (Å²) < 4.78 is 7.25. The Hall–Kier alpha value is -3.13. The molecule has 0 saturated carbocycles. The third-order valence-corrected chi connectivity index (χ3v) is 5.42. The Morgan fingerprint density at radius 2 is 2.04 bits per heavy atom. The van der Waals surface area contributed by atoms with Crippen molar-refractivity contribution in [3.8, 4) is 11.1 Å². The molecule has 0 bridgehead atoms. The zero-order valence-corrected chi connectivity index (χ0v) is 16.0. The molecule has 0 radical (unpaired) electrons. The molecule has 1 fully saturated rings. The monoisotopic (exact) mass is 377 g/mol. The number of benzene rings is 1. The van der Waals surface area contributed by atoms with Crippen molar-refractivity contribution in [3.63, 3.8) is 0 Å². The zero-order chi connectivity index (χ0) is 19.3. The highest BCUT2D eigenvalue weighted by Gasteiger charge is 2.18. The fourth-order valence-corrected chi connectivity index (χ4v) is 4.06. The molecule has 4 aromatic rings. The van der Waals surface area contributed by atoms with Crippen LogP contribution in [-0.2, 0) is 4.74 Å². The van der Waals surface area contributed by atoms with Gasteiger partial charge in [0.05, 0.1) is 5.52 Å². The molecule has 0 unspecified atom stereocenters. The number of nitrogens with zero attached hydrogens (tertiary/aromatic N) is 4. The summed E-state index contributed by atoms with van der Waals surface area (Å²) in [5, 5.41) is 16.7. The average Bonchev–Trinajstić information content (AvgIpc) is 3.26. The van der Waals surface area contributed by atoms with Crippen molar-refractivity contribution < 1.29 is 4.74 Å². The van der Waals surface area contributed by atoms with Gasteiger partial charge in [0.1, 0.15) is 5.82 Å². The van der Waals surface area contributed by atoms with Crippen molar-refractivity contribution >= 4 is 28.3 Å². The number of nitrogen functional groups attached to an aromatic ring is 1. The molecule has 144 valence electrons. The number of aromatic amines is 1. The van der Waals surface area contributed by atoms with Crippen LogP contribution in [0.3, 0.4) is 0 Å². The number of pyridine rings is 1. The van der Waals surface area contributed by atoms with Crippen molar-refractivity contribution in [2.45, 2.75) is 32.7 Å². The minimum absolute atomic E-state index is 0.260. The number of rotatable bonds is 3. The Morgan fingerprint density at radius 3 is 2.86 bits per heavy atom. The van der Waals surface area contributed by atoms with Gasteiger partial charge in [-0.3, -0.25) is 5.10 Å². The summed E-state index contributed by atoms with van der Waals surface area (Å²) in [5.74, 6) is 1.15. The minimum Gasteiger partial charge on any atom is -0.381 e. The first-order valence-electron chi connectivity index (χ1n) is 9.55. The Labute approximate surface area is 162 Å². The van der Waals surface area contributed by atoms with Gasteiger partial charge in [-0.05, 0) is 56.0 Å². The third kappa shape index (κ3) is 2.77. The number of hydrogen-bond acceptors (Lipinski definition) is 6. The van der Waals surface area contributed by atoms with Gasteiger partial charge in [-0.2, -0.15) is 14.6 Å². The predicted molar refractivity (Wildman–Crippen MR) is 109 cm³/mol. The summed E-state index contributed by atoms with van der Waals surface area (Å²) in [6.07, 6.45) is 1.95. The maximum absolute atomic E-state index is 5.96. The quantitative estimate of drug-likeness (QED) is 0.507. The van der Waals surface area contributed by atoms with E-state index in [0.717, 1.165) is 59.9 Å². The number of fused-ring (bicyclic) bond motifs is 2. The molecular formula is C20H23N7O. The van der Waals surface area contributed by atoms with Gasteiger partial charge in [0.25, 0.3) is 0 Å². The van der Waals surface area contributed by atoms with Crippen LogP contribution < -0.4 is 11.1 Å². The number of nitrogens with one attached hydrogen (secondary N) is 2. The lowest BCUT2D eigenvalue weighted by Crippen LogP contribution is -2.28. The van der Waals surface area contributed by atoms with E-state index < -0.39 is 0 Å². The van der Waals surface area contributed by atoms with Crippen LogP contribution in [0.5, 0.6) is 0 Å². The highest BCUT2D eigenvalue weighted by molar-refractivity contribution is 5.91. The smallest absolute Gasteiger partial charge is 0.240 e. The van der Waals surface area contributed by atoms with E-state index in [1.807, 2.05) is 13.0 Å². The first-order chi connectivity index (χ1) is 13.6. The van der Waals surface area contributed by atoms with Crippen molar-refractivity contribution in [1.82, 2.24) is 24.8 Å². The molecule has 5 rings (SSSR count). The molecule has 0 amide bonds. The van der Waals surface area contributed by atoms with E-state index in [1.54, 1.807) is 4.52 Å². The number of nitrogens with two attached hydrogens (primary N) is 1. The van der Waals surface area contributed by atoms with Gasteiger partial charge in [-0.1, -0.05) is 6.07 Å². The molecule has 28 heavy (non-hydrogen) atoms. The molecule has 8 nitrogen and oxygen atoms in total. The maximum atomic E-state index is 5.96. The second kappa shape index (κ2) is 6.49. The summed E-state index contributed by atoms with van der Waals surface area (Å²) in [6, 6.07) is 8.72. The fraction of sp³-hybridized carbons (Fsp3) is 0.350. The molecule has 1 aliphatic rings. The van der Waals surface area contributed by atoms with Crippen LogP contribution >= 0.6 is 0 Å². The van der Waals surface area contributed by atoms with Gasteiger partial charge in [0.2, 0.25) is 5.95 Å². The van der Waals surface area contributed by atoms with Gasteiger partial charge in [0, 0.05) is 35.9 Å². The number of aryl methyl sites for hydroxylation is 2. The summed E-state index contributed by atoms with van der Waals surface area (Å²) in [7, 11) is 0. The molecule has 4 N–H and O–H groups in total. The van der Waals surface area contributed by atoms with E-state index in [2.05, 4.69) is 50.7 Å². The second-order valence-corrected chi connectivity index (χ2v) is 7.40. The van der Waals surface area contributed by atoms with Gasteiger partial charge in [0.15, 0.2) is 5.65 Å². The molecule has 8 heteroatoms. The van der Waals surface area contributed by atoms with Crippen molar-refractivity contribution in [2.75, 3.05) is 24.3 Å². The largest absolute Gasteiger partial charge is 0.381 e. The van der Waals surface area contributed by atoms with Crippen LogP contribution in [0, 0.1) is 13.8 Å². The summed E-state index contributed by atoms with van der Waals surface area (Å²) in [4.78, 5) is 4.49. The lowest BCUT2D eigenvalue weighted by atomic mass is 10.0. The molecule has 3 aromatic heterocycles. The van der Waals surface area contributed by atoms with Crippen molar-refractivity contribution in [2.24, 2.45) is 0 Å². The number of H-pyrrole nitrogens is 1. The van der Waals surface area contributed by atoms with Crippen LogP contribution in [0.4, 0.5) is 11.8 Å². The SMILES string of the molecule is Cc1cc(-c2ccc(NC3CCOCC3)n3nc(N)nc23)cc2n[nH]c(C)c12. The third-order valence-electron chi connectivity index (χ3n) is 5.42. The van der Waals surface area contributed by atoms with E-state index in [-0.39, 0.29) is 5.95 Å². The Balaban J connectivity index is 1.62. The summed E-state index contributed by atoms with van der Waals surface area (Å²) in [5.41, 5.74) is 11.9. The minimum atomic E-state index is 0.260. The van der Waals surface area contributed by atoms with Crippen LogP contribution in [0.2, 0.25) is 0 Å². The first kappa shape index (κ1) is 17.0. The average molecular weight is 377 g/mol. The number of aromatic nitrogens is 5. The summed E-state index contributed by atoms with van der Waals surface area (Å²) in [6.45, 7) is 5.70. The van der Waals surface area contributed by atoms with Gasteiger partial charge < -0.3 is 15.8 Å². The molecule has 0 spiro atoms. The molecule has 0 atom stereocenters. The number of anilines is 2. The standard InChI is InChI=1S/C20H23N7O/c1-11-9-13(10-16-18(11)12(2)24-25-16)15-3-4-17(22-14-5-7-28-8-6-14)27-19(15)23-20(21)26-27/h3-4,9-10,14,22H,5-8H2,1-2H3,(H2,21,26)(H,24,25). The van der Waals surface area contributed by atoms with E-state index in [1.165, 1.54) is 10.9 Å². The Bertz CT molecular complexity index is 1170. The fourth-order valence-electron chi connectivity index (χ4n) is 4.06. The second-order valence-electron chi connectivity index (χ2n) is 7.40. The number of hydrogen-bond donors (Lipinski definition) is 3. The van der Waals surface area contributed by atoms with Crippen molar-refractivity contribution in [3.05, 3.63) is 35.5 Å². The maximum Gasteiger partial charge on any atom is 0.240 e. The first-order valence-corrected chi connectivity index (χ1v) is 9.55.